The van der Waals surface area contributed by atoms with Crippen LogP contribution in [0.3, 0.4) is 0 Å². The molecule has 26 heavy (non-hydrogen) atoms. The number of rotatable bonds is 5. The summed E-state index contributed by atoms with van der Waals surface area (Å²) in [6, 6.07) is 1.16. The Hall–Kier alpha value is -1.59. The van der Waals surface area contributed by atoms with Crippen LogP contribution >= 0.6 is 0 Å². The zero-order valence-corrected chi connectivity index (χ0v) is 15.2. The number of halogens is 3. The zero-order chi connectivity index (χ0) is 19.8. The zero-order valence-electron chi connectivity index (χ0n) is 14.4. The highest BCUT2D eigenvalue weighted by atomic mass is 32.2. The lowest BCUT2D eigenvalue weighted by molar-refractivity contribution is -0.199. The van der Waals surface area contributed by atoms with Crippen molar-refractivity contribution in [2.75, 3.05) is 13.6 Å². The van der Waals surface area contributed by atoms with E-state index in [0.29, 0.717) is 0 Å². The maximum Gasteiger partial charge on any atom is 0.391 e. The molecule has 0 aromatic carbocycles. The summed E-state index contributed by atoms with van der Waals surface area (Å²) >= 11 is 0. The average Bonchev–Trinajstić information content (AvgIpc) is 2.95. The van der Waals surface area contributed by atoms with E-state index in [1.807, 2.05) is 0 Å². The maximum absolute atomic E-state index is 12.9. The van der Waals surface area contributed by atoms with Crippen LogP contribution in [0.15, 0.2) is 17.2 Å². The van der Waals surface area contributed by atoms with E-state index in [2.05, 4.69) is 10.0 Å². The first-order valence-corrected chi connectivity index (χ1v) is 9.53. The minimum atomic E-state index is -4.38. The van der Waals surface area contributed by atoms with Gasteiger partial charge >= 0.3 is 6.18 Å². The number of carbonyl (C=O) groups is 1. The molecule has 1 aliphatic rings. The van der Waals surface area contributed by atoms with Gasteiger partial charge in [0.25, 0.3) is 5.91 Å². The Bertz CT molecular complexity index is 776. The maximum atomic E-state index is 12.9. The minimum absolute atomic E-state index is 0.0191. The van der Waals surface area contributed by atoms with Gasteiger partial charge in [-0.05, 0) is 38.8 Å². The number of alkyl halides is 3. The molecule has 2 rings (SSSR count). The highest BCUT2D eigenvalue weighted by Crippen LogP contribution is 2.41. The third-order valence-corrected chi connectivity index (χ3v) is 6.03. The molecule has 1 heterocycles. The first kappa shape index (κ1) is 20.7. The Kier molecular flexibility index (Phi) is 5.74. The third-order valence-electron chi connectivity index (χ3n) is 4.65. The quantitative estimate of drug-likeness (QED) is 0.694. The van der Waals surface area contributed by atoms with Crippen LogP contribution in [0.1, 0.15) is 36.2 Å². The van der Waals surface area contributed by atoms with E-state index in [1.54, 1.807) is 0 Å². The molecule has 2 atom stereocenters. The molecule has 0 spiro atoms. The topological polar surface area (TPSA) is 100 Å². The van der Waals surface area contributed by atoms with Crippen molar-refractivity contribution in [3.05, 3.63) is 18.0 Å². The molecule has 0 saturated heterocycles. The standard InChI is InChI=1S/C15H22F3N3O4S/c1-19-26(24,25)11-6-12(21(2)8-11)13(22)20-9-14(23)5-3-4-10(7-14)15(16,17)18/h6,8,10,19,23H,3-5,7,9H2,1-2H3,(H,20,22)/t10-,14+/m0/s1. The van der Waals surface area contributed by atoms with Crippen LogP contribution < -0.4 is 10.0 Å². The summed E-state index contributed by atoms with van der Waals surface area (Å²) in [5.41, 5.74) is -1.62. The molecule has 1 aromatic heterocycles. The van der Waals surface area contributed by atoms with Crippen LogP contribution in [0, 0.1) is 5.92 Å². The van der Waals surface area contributed by atoms with Gasteiger partial charge in [-0.1, -0.05) is 0 Å². The SMILES string of the molecule is CNS(=O)(=O)c1cc(C(=O)NC[C@@]2(O)CCC[C@H](C(F)(F)F)C2)n(C)c1. The van der Waals surface area contributed by atoms with Crippen molar-refractivity contribution in [3.63, 3.8) is 0 Å². The van der Waals surface area contributed by atoms with Crippen LogP contribution in [0.2, 0.25) is 0 Å². The van der Waals surface area contributed by atoms with Gasteiger partial charge in [0.2, 0.25) is 10.0 Å². The molecule has 1 aliphatic carbocycles. The summed E-state index contributed by atoms with van der Waals surface area (Å²) < 4.78 is 65.6. The van der Waals surface area contributed by atoms with Crippen molar-refractivity contribution >= 4 is 15.9 Å². The van der Waals surface area contributed by atoms with Crippen molar-refractivity contribution in [2.45, 2.75) is 42.4 Å². The fourth-order valence-corrected chi connectivity index (χ4v) is 3.94. The van der Waals surface area contributed by atoms with Crippen molar-refractivity contribution in [2.24, 2.45) is 13.0 Å². The predicted molar refractivity (Wildman–Crippen MR) is 87.0 cm³/mol. The molecule has 3 N–H and O–H groups in total. The van der Waals surface area contributed by atoms with Crippen LogP contribution in [-0.4, -0.2) is 49.4 Å². The van der Waals surface area contributed by atoms with E-state index >= 15 is 0 Å². The summed E-state index contributed by atoms with van der Waals surface area (Å²) in [5, 5.41) is 12.8. The monoisotopic (exact) mass is 397 g/mol. The number of aryl methyl sites for hydroxylation is 1. The molecule has 7 nitrogen and oxygen atoms in total. The number of aromatic nitrogens is 1. The Morgan fingerprint density at radius 2 is 2.12 bits per heavy atom. The molecule has 1 amide bonds. The van der Waals surface area contributed by atoms with Gasteiger partial charge in [0.05, 0.1) is 11.5 Å². The number of nitrogens with one attached hydrogen (secondary N) is 2. The van der Waals surface area contributed by atoms with Gasteiger partial charge in [-0.15, -0.1) is 0 Å². The van der Waals surface area contributed by atoms with Gasteiger partial charge in [0, 0.05) is 19.8 Å². The molecule has 0 aliphatic heterocycles. The predicted octanol–water partition coefficient (Wildman–Crippen LogP) is 1.15. The highest BCUT2D eigenvalue weighted by Gasteiger charge is 2.47. The summed E-state index contributed by atoms with van der Waals surface area (Å²) in [7, 11) is -1.03. The largest absolute Gasteiger partial charge is 0.391 e. The number of amides is 1. The Morgan fingerprint density at radius 3 is 2.69 bits per heavy atom. The minimum Gasteiger partial charge on any atom is -0.388 e. The molecule has 1 aromatic rings. The van der Waals surface area contributed by atoms with E-state index in [0.717, 1.165) is 6.07 Å². The summed E-state index contributed by atoms with van der Waals surface area (Å²) in [5.74, 6) is -2.27. The number of hydrogen-bond acceptors (Lipinski definition) is 4. The van der Waals surface area contributed by atoms with Crippen molar-refractivity contribution in [1.29, 1.82) is 0 Å². The van der Waals surface area contributed by atoms with Crippen molar-refractivity contribution in [1.82, 2.24) is 14.6 Å². The summed E-state index contributed by atoms with van der Waals surface area (Å²) in [6.45, 7) is -0.336. The molecule has 0 radical (unpaired) electrons. The number of nitrogens with zero attached hydrogens (tertiary/aromatic N) is 1. The summed E-state index contributed by atoms with van der Waals surface area (Å²) in [6.07, 6.45) is -3.27. The lowest BCUT2D eigenvalue weighted by Gasteiger charge is -2.37. The van der Waals surface area contributed by atoms with E-state index < -0.39 is 40.0 Å². The molecular weight excluding hydrogens is 375 g/mol. The summed E-state index contributed by atoms with van der Waals surface area (Å²) in [4.78, 5) is 12.2. The number of aliphatic hydroxyl groups is 1. The first-order valence-electron chi connectivity index (χ1n) is 8.05. The van der Waals surface area contributed by atoms with E-state index in [4.69, 9.17) is 0 Å². The van der Waals surface area contributed by atoms with Gasteiger partial charge in [-0.25, -0.2) is 13.1 Å². The van der Waals surface area contributed by atoms with Crippen molar-refractivity contribution < 1.29 is 31.5 Å². The van der Waals surface area contributed by atoms with E-state index in [-0.39, 0.29) is 36.4 Å². The fraction of sp³-hybridized carbons (Fsp3) is 0.667. The fourth-order valence-electron chi connectivity index (χ4n) is 3.14. The van der Waals surface area contributed by atoms with Crippen LogP contribution in [0.25, 0.3) is 0 Å². The highest BCUT2D eigenvalue weighted by molar-refractivity contribution is 7.89. The lowest BCUT2D eigenvalue weighted by Crippen LogP contribution is -2.48. The van der Waals surface area contributed by atoms with E-state index in [1.165, 1.54) is 24.9 Å². The van der Waals surface area contributed by atoms with Gasteiger partial charge in [-0.2, -0.15) is 13.2 Å². The van der Waals surface area contributed by atoms with Gasteiger partial charge in [-0.3, -0.25) is 4.79 Å². The molecule has 11 heteroatoms. The van der Waals surface area contributed by atoms with Gasteiger partial charge < -0.3 is 15.0 Å². The van der Waals surface area contributed by atoms with Crippen molar-refractivity contribution in [3.8, 4) is 0 Å². The first-order chi connectivity index (χ1) is 11.9. The lowest BCUT2D eigenvalue weighted by atomic mass is 9.77. The molecular formula is C15H22F3N3O4S. The van der Waals surface area contributed by atoms with E-state index in [9.17, 15) is 31.5 Å². The Morgan fingerprint density at radius 1 is 1.46 bits per heavy atom. The van der Waals surface area contributed by atoms with Crippen LogP contribution in [-0.2, 0) is 17.1 Å². The third kappa shape index (κ3) is 4.57. The smallest absolute Gasteiger partial charge is 0.388 e. The molecule has 0 unspecified atom stereocenters. The molecule has 1 saturated carbocycles. The second kappa shape index (κ2) is 7.20. The van der Waals surface area contributed by atoms with Crippen LogP contribution in [0.5, 0.6) is 0 Å². The average molecular weight is 397 g/mol. The normalized spacial score (nSPS) is 24.5. The molecule has 1 fully saturated rings. The molecule has 148 valence electrons. The van der Waals surface area contributed by atoms with Crippen LogP contribution in [0.4, 0.5) is 13.2 Å². The number of carbonyl (C=O) groups excluding carboxylic acids is 1. The van der Waals surface area contributed by atoms with Gasteiger partial charge in [0.15, 0.2) is 0 Å². The second-order valence-electron chi connectivity index (χ2n) is 6.62. The number of hydrogen-bond donors (Lipinski definition) is 3. The number of sulfonamides is 1. The molecule has 0 bridgehead atoms. The Labute approximate surface area is 149 Å². The second-order valence-corrected chi connectivity index (χ2v) is 8.51. The van der Waals surface area contributed by atoms with Gasteiger partial charge in [0.1, 0.15) is 10.6 Å². The Balaban J connectivity index is 2.07.